The van der Waals surface area contributed by atoms with E-state index in [-0.39, 0.29) is 24.0 Å². The molecule has 1 spiro atoms. The fourth-order valence-electron chi connectivity index (χ4n) is 8.52. The van der Waals surface area contributed by atoms with Crippen LogP contribution in [0, 0.1) is 5.92 Å². The topological polar surface area (TPSA) is 85.4 Å². The highest BCUT2D eigenvalue weighted by molar-refractivity contribution is 5.92. The van der Waals surface area contributed by atoms with Crippen LogP contribution in [0.1, 0.15) is 62.6 Å². The van der Waals surface area contributed by atoms with E-state index >= 15 is 0 Å². The van der Waals surface area contributed by atoms with Gasteiger partial charge in [-0.25, -0.2) is 0 Å². The van der Waals surface area contributed by atoms with E-state index in [0.717, 1.165) is 42.6 Å². The normalized spacial score (nSPS) is 30.8. The van der Waals surface area contributed by atoms with Gasteiger partial charge in [0, 0.05) is 39.1 Å². The number of benzene rings is 2. The van der Waals surface area contributed by atoms with Crippen LogP contribution in [0.15, 0.2) is 48.5 Å². The van der Waals surface area contributed by atoms with Gasteiger partial charge in [0.05, 0.1) is 17.5 Å². The molecule has 8 nitrogen and oxygen atoms in total. The lowest BCUT2D eigenvalue weighted by molar-refractivity contribution is -0.223. The van der Waals surface area contributed by atoms with Gasteiger partial charge in [0.1, 0.15) is 11.7 Å². The highest BCUT2D eigenvalue weighted by Crippen LogP contribution is 2.67. The minimum atomic E-state index is -0.802. The first-order chi connectivity index (χ1) is 20.2. The summed E-state index contributed by atoms with van der Waals surface area (Å²) < 4.78 is 19.1. The van der Waals surface area contributed by atoms with Crippen molar-refractivity contribution in [1.29, 1.82) is 0 Å². The van der Waals surface area contributed by atoms with Gasteiger partial charge in [-0.2, -0.15) is 0 Å². The number of hydrogen-bond donors (Lipinski definition) is 0. The van der Waals surface area contributed by atoms with Gasteiger partial charge in [-0.15, -0.1) is 0 Å². The summed E-state index contributed by atoms with van der Waals surface area (Å²) in [6.45, 7) is 4.75. The Kier molecular flexibility index (Phi) is 6.46. The number of likely N-dealkylation sites (tertiary alicyclic amines) is 1. The Morgan fingerprint density at radius 3 is 2.55 bits per heavy atom. The molecule has 0 N–H and O–H groups in total. The number of ether oxygens (including phenoxy) is 3. The molecular weight excluding hydrogens is 532 g/mol. The third kappa shape index (κ3) is 4.09. The lowest BCUT2D eigenvalue weighted by Gasteiger charge is -2.65. The van der Waals surface area contributed by atoms with E-state index in [9.17, 15) is 14.4 Å². The van der Waals surface area contributed by atoms with E-state index in [0.29, 0.717) is 30.3 Å². The first kappa shape index (κ1) is 27.2. The molecule has 2 aromatic rings. The molecule has 3 aliphatic carbocycles. The summed E-state index contributed by atoms with van der Waals surface area (Å²) in [6.07, 6.45) is 8.20. The summed E-state index contributed by atoms with van der Waals surface area (Å²) >= 11 is 0. The average molecular weight is 571 g/mol. The minimum absolute atomic E-state index is 0.0137. The molecule has 42 heavy (non-hydrogen) atoms. The predicted octanol–water partition coefficient (Wildman–Crippen LogP) is 4.29. The van der Waals surface area contributed by atoms with Crippen LogP contribution in [-0.2, 0) is 31.0 Å². The van der Waals surface area contributed by atoms with Gasteiger partial charge in [0.25, 0.3) is 0 Å². The van der Waals surface area contributed by atoms with Crippen LogP contribution >= 0.6 is 0 Å². The highest BCUT2D eigenvalue weighted by atomic mass is 16.6. The van der Waals surface area contributed by atoms with Crippen molar-refractivity contribution in [3.63, 3.8) is 0 Å². The second-order valence-corrected chi connectivity index (χ2v) is 12.7. The van der Waals surface area contributed by atoms with Crippen LogP contribution in [0.25, 0.3) is 6.08 Å². The van der Waals surface area contributed by atoms with Gasteiger partial charge in [0.2, 0.25) is 5.91 Å². The van der Waals surface area contributed by atoms with Crippen LogP contribution in [-0.4, -0.2) is 71.6 Å². The maximum Gasteiger partial charge on any atom is 0.308 e. The van der Waals surface area contributed by atoms with Crippen LogP contribution in [0.3, 0.4) is 0 Å². The Morgan fingerprint density at radius 2 is 1.83 bits per heavy atom. The van der Waals surface area contributed by atoms with E-state index in [1.165, 1.54) is 26.7 Å². The van der Waals surface area contributed by atoms with Crippen LogP contribution in [0.5, 0.6) is 11.5 Å². The molecule has 0 aromatic heterocycles. The number of rotatable bonds is 7. The molecule has 2 aromatic carbocycles. The Morgan fingerprint density at radius 1 is 1.05 bits per heavy atom. The number of likely N-dealkylation sites (N-methyl/N-ethyl adjacent to an activating group) is 1. The second kappa shape index (κ2) is 9.97. The first-order valence-electron chi connectivity index (χ1n) is 15.2. The molecule has 0 radical (unpaired) electrons. The fourth-order valence-corrected chi connectivity index (χ4v) is 8.52. The summed E-state index contributed by atoms with van der Waals surface area (Å²) in [5.74, 6) is 0.815. The van der Waals surface area contributed by atoms with Gasteiger partial charge in [-0.1, -0.05) is 36.4 Å². The molecule has 5 aliphatic rings. The van der Waals surface area contributed by atoms with Crippen molar-refractivity contribution in [3.8, 4) is 11.5 Å². The molecule has 3 fully saturated rings. The number of nitrogens with zero attached hydrogens (tertiary/aromatic N) is 2. The van der Waals surface area contributed by atoms with E-state index in [2.05, 4.69) is 11.0 Å². The summed E-state index contributed by atoms with van der Waals surface area (Å²) in [4.78, 5) is 42.9. The minimum Gasteiger partial charge on any atom is -0.483 e. The predicted molar refractivity (Wildman–Crippen MR) is 156 cm³/mol. The molecule has 5 atom stereocenters. The van der Waals surface area contributed by atoms with Crippen LogP contribution in [0.2, 0.25) is 0 Å². The largest absolute Gasteiger partial charge is 0.483 e. The number of amides is 1. The highest BCUT2D eigenvalue weighted by Gasteiger charge is 2.75. The zero-order valence-corrected chi connectivity index (χ0v) is 24.5. The van der Waals surface area contributed by atoms with Crippen LogP contribution in [0.4, 0.5) is 0 Å². The molecule has 2 heterocycles. The van der Waals surface area contributed by atoms with Gasteiger partial charge >= 0.3 is 11.9 Å². The van der Waals surface area contributed by atoms with Gasteiger partial charge < -0.3 is 19.1 Å². The molecule has 1 saturated heterocycles. The van der Waals surface area contributed by atoms with Crippen molar-refractivity contribution in [1.82, 2.24) is 9.80 Å². The first-order valence-corrected chi connectivity index (χ1v) is 15.2. The van der Waals surface area contributed by atoms with E-state index < -0.39 is 23.1 Å². The third-order valence-electron chi connectivity index (χ3n) is 10.3. The Hall–Kier alpha value is -3.65. The molecule has 1 amide bonds. The summed E-state index contributed by atoms with van der Waals surface area (Å²) in [6, 6.07) is 13.4. The summed E-state index contributed by atoms with van der Waals surface area (Å²) in [5.41, 5.74) is 1.64. The maximum atomic E-state index is 13.6. The fraction of sp³-hybridized carbons (Fsp3) is 0.500. The Balaban J connectivity index is 1.33. The maximum absolute atomic E-state index is 13.6. The summed E-state index contributed by atoms with van der Waals surface area (Å²) in [5, 5.41) is 0. The summed E-state index contributed by atoms with van der Waals surface area (Å²) in [7, 11) is 1.83. The third-order valence-corrected chi connectivity index (χ3v) is 10.3. The molecule has 0 unspecified atom stereocenters. The molecule has 220 valence electrons. The average Bonchev–Trinajstić information content (AvgIpc) is 3.71. The molecule has 8 heteroatoms. The lowest BCUT2D eigenvalue weighted by Crippen LogP contribution is -2.79. The van der Waals surface area contributed by atoms with Crippen molar-refractivity contribution >= 4 is 23.9 Å². The molecule has 2 saturated carbocycles. The number of esters is 2. The standard InChI is InChI=1S/C34H38N2O6/c1-21(37)40-27-13-12-25-19-28-34(42-22(2)38)16-15-26(35(3)29(39)14-11-23-7-5-4-6-8-23)32-33(34,30(25)31(27)41-32)17-18-36(28)20-24-9-10-24/h4-8,11-14,24,26,28,32H,9-10,15-20H2,1-3H3/t26-,28-,32+,33+,34-/m1/s1. The van der Waals surface area contributed by atoms with Crippen LogP contribution < -0.4 is 9.47 Å². The number of carbonyl (C=O) groups excluding carboxylic acids is 3. The molecule has 2 bridgehead atoms. The monoisotopic (exact) mass is 570 g/mol. The van der Waals surface area contributed by atoms with Gasteiger partial charge in [0.15, 0.2) is 11.5 Å². The smallest absolute Gasteiger partial charge is 0.308 e. The molecular formula is C34H38N2O6. The Bertz CT molecular complexity index is 1470. The zero-order valence-electron chi connectivity index (χ0n) is 24.5. The molecule has 2 aliphatic heterocycles. The Labute approximate surface area is 246 Å². The number of hydrogen-bond acceptors (Lipinski definition) is 7. The van der Waals surface area contributed by atoms with Crippen molar-refractivity contribution in [2.45, 2.75) is 81.6 Å². The van der Waals surface area contributed by atoms with Gasteiger partial charge in [-0.05, 0) is 74.3 Å². The zero-order chi connectivity index (χ0) is 29.2. The quantitative estimate of drug-likeness (QED) is 0.279. The SMILES string of the molecule is CC(=O)Oc1ccc2c3c1O[C@H]1[C@H](N(C)C(=O)C=Cc4ccccc4)CC[C@@]4(OC(C)=O)[C@@H](C2)N(CC2CC2)CC[C@]314. The second-order valence-electron chi connectivity index (χ2n) is 12.7. The van der Waals surface area contributed by atoms with Crippen molar-refractivity contribution in [3.05, 3.63) is 65.2 Å². The van der Waals surface area contributed by atoms with E-state index in [4.69, 9.17) is 14.2 Å². The van der Waals surface area contributed by atoms with E-state index in [1.807, 2.05) is 49.5 Å². The van der Waals surface area contributed by atoms with Crippen molar-refractivity contribution < 1.29 is 28.6 Å². The number of carbonyl (C=O) groups is 3. The van der Waals surface area contributed by atoms with E-state index in [1.54, 1.807) is 11.0 Å². The molecule has 7 rings (SSSR count). The van der Waals surface area contributed by atoms with Gasteiger partial charge in [-0.3, -0.25) is 19.3 Å². The van der Waals surface area contributed by atoms with Crippen molar-refractivity contribution in [2.75, 3.05) is 20.1 Å². The lowest BCUT2D eigenvalue weighted by atomic mass is 9.48. The number of piperidine rings is 1. The van der Waals surface area contributed by atoms with Crippen molar-refractivity contribution in [2.24, 2.45) is 5.92 Å².